The molecule has 0 bridgehead atoms. The van der Waals surface area contributed by atoms with Crippen molar-refractivity contribution >= 4 is 22.7 Å². The van der Waals surface area contributed by atoms with Gasteiger partial charge in [0.15, 0.2) is 0 Å². The Kier molecular flexibility index (Phi) is 6.07. The van der Waals surface area contributed by atoms with Crippen LogP contribution in [0.5, 0.6) is 11.5 Å². The topological polar surface area (TPSA) is 43.4 Å². The number of nitrogens with zero attached hydrogens (tertiary/aromatic N) is 1. The summed E-state index contributed by atoms with van der Waals surface area (Å²) in [5.74, 6) is 1.63. The molecule has 1 atom stereocenters. The van der Waals surface area contributed by atoms with E-state index >= 15 is 0 Å². The van der Waals surface area contributed by atoms with Gasteiger partial charge in [-0.05, 0) is 24.4 Å². The molecule has 2 aromatic heterocycles. The molecule has 0 fully saturated rings. The summed E-state index contributed by atoms with van der Waals surface area (Å²) in [6.07, 6.45) is 0.934. The SMILES string of the molecule is COc1ccc(CN[C@@H](Cc2cccs2)c2nc(C)cs2)c(OC)c1. The molecule has 0 spiro atoms. The van der Waals surface area contributed by atoms with Crippen LogP contribution in [0.25, 0.3) is 0 Å². The zero-order chi connectivity index (χ0) is 17.6. The number of nitrogens with one attached hydrogen (secondary N) is 1. The van der Waals surface area contributed by atoms with Gasteiger partial charge in [0.1, 0.15) is 16.5 Å². The molecule has 132 valence electrons. The average molecular weight is 375 g/mol. The number of hydrogen-bond donors (Lipinski definition) is 1. The molecular weight excluding hydrogens is 352 g/mol. The number of ether oxygens (including phenoxy) is 2. The molecule has 0 radical (unpaired) electrons. The van der Waals surface area contributed by atoms with E-state index < -0.39 is 0 Å². The molecule has 3 rings (SSSR count). The van der Waals surface area contributed by atoms with Gasteiger partial charge < -0.3 is 14.8 Å². The van der Waals surface area contributed by atoms with Gasteiger partial charge in [0.2, 0.25) is 0 Å². The lowest BCUT2D eigenvalue weighted by Crippen LogP contribution is -2.23. The quantitative estimate of drug-likeness (QED) is 0.626. The third-order valence-corrected chi connectivity index (χ3v) is 5.93. The van der Waals surface area contributed by atoms with Crippen molar-refractivity contribution < 1.29 is 9.47 Å². The lowest BCUT2D eigenvalue weighted by atomic mass is 10.1. The van der Waals surface area contributed by atoms with E-state index in [9.17, 15) is 0 Å². The van der Waals surface area contributed by atoms with Gasteiger partial charge in [-0.3, -0.25) is 0 Å². The predicted molar refractivity (Wildman–Crippen MR) is 104 cm³/mol. The molecule has 4 nitrogen and oxygen atoms in total. The lowest BCUT2D eigenvalue weighted by molar-refractivity contribution is 0.388. The monoisotopic (exact) mass is 374 g/mol. The first-order valence-electron chi connectivity index (χ1n) is 8.08. The van der Waals surface area contributed by atoms with E-state index in [0.717, 1.165) is 34.2 Å². The summed E-state index contributed by atoms with van der Waals surface area (Å²) in [4.78, 5) is 6.04. The number of aromatic nitrogens is 1. The predicted octanol–water partition coefficient (Wildman–Crippen LogP) is 4.60. The molecule has 0 saturated carbocycles. The van der Waals surface area contributed by atoms with Crippen molar-refractivity contribution in [2.24, 2.45) is 0 Å². The second kappa shape index (κ2) is 8.47. The number of rotatable bonds is 8. The fourth-order valence-corrected chi connectivity index (χ4v) is 4.26. The summed E-state index contributed by atoms with van der Waals surface area (Å²) >= 11 is 3.49. The molecule has 0 aliphatic rings. The van der Waals surface area contributed by atoms with Gasteiger partial charge in [-0.25, -0.2) is 4.98 Å². The highest BCUT2D eigenvalue weighted by Crippen LogP contribution is 2.27. The van der Waals surface area contributed by atoms with Gasteiger partial charge in [-0.1, -0.05) is 12.1 Å². The van der Waals surface area contributed by atoms with E-state index in [2.05, 4.69) is 33.2 Å². The lowest BCUT2D eigenvalue weighted by Gasteiger charge is -2.17. The van der Waals surface area contributed by atoms with Crippen molar-refractivity contribution in [3.63, 3.8) is 0 Å². The van der Waals surface area contributed by atoms with Crippen molar-refractivity contribution in [2.45, 2.75) is 25.9 Å². The maximum Gasteiger partial charge on any atom is 0.127 e. The Balaban J connectivity index is 1.76. The average Bonchev–Trinajstić information content (AvgIpc) is 3.30. The van der Waals surface area contributed by atoms with Crippen LogP contribution >= 0.6 is 22.7 Å². The molecule has 1 N–H and O–H groups in total. The van der Waals surface area contributed by atoms with E-state index in [1.165, 1.54) is 4.88 Å². The van der Waals surface area contributed by atoms with Crippen LogP contribution in [0.3, 0.4) is 0 Å². The maximum atomic E-state index is 5.50. The summed E-state index contributed by atoms with van der Waals surface area (Å²) in [5.41, 5.74) is 2.17. The van der Waals surface area contributed by atoms with Gasteiger partial charge in [0, 0.05) is 40.5 Å². The number of hydrogen-bond acceptors (Lipinski definition) is 6. The van der Waals surface area contributed by atoms with Crippen molar-refractivity contribution in [3.05, 3.63) is 62.2 Å². The van der Waals surface area contributed by atoms with E-state index in [-0.39, 0.29) is 6.04 Å². The molecule has 0 unspecified atom stereocenters. The van der Waals surface area contributed by atoms with Crippen LogP contribution in [0.2, 0.25) is 0 Å². The van der Waals surface area contributed by atoms with Crippen LogP contribution in [0.15, 0.2) is 41.1 Å². The minimum Gasteiger partial charge on any atom is -0.497 e. The largest absolute Gasteiger partial charge is 0.497 e. The highest BCUT2D eigenvalue weighted by Gasteiger charge is 2.17. The number of benzene rings is 1. The molecule has 0 aliphatic heterocycles. The Labute approximate surface area is 156 Å². The Bertz CT molecular complexity index is 800. The number of methoxy groups -OCH3 is 2. The Morgan fingerprint density at radius 2 is 2.04 bits per heavy atom. The van der Waals surface area contributed by atoms with E-state index in [1.54, 1.807) is 36.9 Å². The number of thiazole rings is 1. The molecule has 25 heavy (non-hydrogen) atoms. The molecule has 0 saturated heterocycles. The molecule has 6 heteroatoms. The van der Waals surface area contributed by atoms with E-state index in [1.807, 2.05) is 25.1 Å². The first-order chi connectivity index (χ1) is 12.2. The summed E-state index contributed by atoms with van der Waals surface area (Å²) in [6.45, 7) is 2.75. The summed E-state index contributed by atoms with van der Waals surface area (Å²) in [7, 11) is 3.35. The Morgan fingerprint density at radius 3 is 2.68 bits per heavy atom. The van der Waals surface area contributed by atoms with Crippen LogP contribution in [0.1, 0.15) is 27.2 Å². The zero-order valence-electron chi connectivity index (χ0n) is 14.6. The van der Waals surface area contributed by atoms with Crippen molar-refractivity contribution in [3.8, 4) is 11.5 Å². The summed E-state index contributed by atoms with van der Waals surface area (Å²) in [5, 5.41) is 8.99. The Hall–Kier alpha value is -1.89. The molecule has 0 amide bonds. The number of thiophene rings is 1. The first kappa shape index (κ1) is 17.9. The van der Waals surface area contributed by atoms with E-state index in [0.29, 0.717) is 6.54 Å². The minimum atomic E-state index is 0.184. The van der Waals surface area contributed by atoms with Gasteiger partial charge >= 0.3 is 0 Å². The molecule has 0 aliphatic carbocycles. The fraction of sp³-hybridized carbons (Fsp3) is 0.316. The molecule has 2 heterocycles. The van der Waals surface area contributed by atoms with Crippen molar-refractivity contribution in [2.75, 3.05) is 14.2 Å². The highest BCUT2D eigenvalue weighted by atomic mass is 32.1. The maximum absolute atomic E-state index is 5.50. The first-order valence-corrected chi connectivity index (χ1v) is 9.84. The zero-order valence-corrected chi connectivity index (χ0v) is 16.2. The minimum absolute atomic E-state index is 0.184. The fourth-order valence-electron chi connectivity index (χ4n) is 2.64. The molecule has 3 aromatic rings. The second-order valence-corrected chi connectivity index (χ2v) is 7.64. The van der Waals surface area contributed by atoms with E-state index in [4.69, 9.17) is 9.47 Å². The third kappa shape index (κ3) is 4.60. The normalized spacial score (nSPS) is 12.1. The third-order valence-electron chi connectivity index (χ3n) is 3.95. The van der Waals surface area contributed by atoms with Crippen LogP contribution in [-0.2, 0) is 13.0 Å². The van der Waals surface area contributed by atoms with Gasteiger partial charge in [0.05, 0.1) is 20.3 Å². The molecule has 1 aromatic carbocycles. The van der Waals surface area contributed by atoms with Gasteiger partial charge in [-0.15, -0.1) is 22.7 Å². The standard InChI is InChI=1S/C19H22N2O2S2/c1-13-12-25-19(21-13)17(10-16-5-4-8-24-16)20-11-14-6-7-15(22-2)9-18(14)23-3/h4-9,12,17,20H,10-11H2,1-3H3/t17-/m0/s1. The van der Waals surface area contributed by atoms with Crippen LogP contribution in [0, 0.1) is 6.92 Å². The van der Waals surface area contributed by atoms with Gasteiger partial charge in [0.25, 0.3) is 0 Å². The van der Waals surface area contributed by atoms with Crippen molar-refractivity contribution in [1.29, 1.82) is 0 Å². The summed E-state index contributed by atoms with van der Waals surface area (Å²) in [6, 6.07) is 10.4. The number of aryl methyl sites for hydroxylation is 1. The van der Waals surface area contributed by atoms with Crippen LogP contribution < -0.4 is 14.8 Å². The van der Waals surface area contributed by atoms with Crippen LogP contribution in [-0.4, -0.2) is 19.2 Å². The van der Waals surface area contributed by atoms with Gasteiger partial charge in [-0.2, -0.15) is 0 Å². The Morgan fingerprint density at radius 1 is 1.16 bits per heavy atom. The molecular formula is C19H22N2O2S2. The smallest absolute Gasteiger partial charge is 0.127 e. The van der Waals surface area contributed by atoms with Crippen LogP contribution in [0.4, 0.5) is 0 Å². The summed E-state index contributed by atoms with van der Waals surface area (Å²) < 4.78 is 10.8. The second-order valence-electron chi connectivity index (χ2n) is 5.72. The van der Waals surface area contributed by atoms with Crippen molar-refractivity contribution in [1.82, 2.24) is 10.3 Å². The highest BCUT2D eigenvalue weighted by molar-refractivity contribution is 7.10.